The second-order valence-corrected chi connectivity index (χ2v) is 7.87. The predicted molar refractivity (Wildman–Crippen MR) is 113 cm³/mol. The van der Waals surface area contributed by atoms with Crippen molar-refractivity contribution in [1.29, 1.82) is 0 Å². The summed E-state index contributed by atoms with van der Waals surface area (Å²) < 4.78 is 5.32. The molecule has 1 atom stereocenters. The summed E-state index contributed by atoms with van der Waals surface area (Å²) in [6, 6.07) is 3.61. The summed E-state index contributed by atoms with van der Waals surface area (Å²) >= 11 is 0. The number of aliphatic hydroxyl groups is 1. The number of pyridine rings is 1. The van der Waals surface area contributed by atoms with Gasteiger partial charge in [0.15, 0.2) is 11.6 Å². The lowest BCUT2D eigenvalue weighted by Crippen LogP contribution is -2.17. The summed E-state index contributed by atoms with van der Waals surface area (Å²) in [4.78, 5) is 21.2. The number of nitrogens with zero attached hydrogens (tertiary/aromatic N) is 4. The number of H-pyrrole nitrogens is 1. The van der Waals surface area contributed by atoms with Gasteiger partial charge in [-0.15, -0.1) is 0 Å². The molecular weight excluding hydrogens is 370 g/mol. The minimum absolute atomic E-state index is 0.196. The van der Waals surface area contributed by atoms with E-state index < -0.39 is 6.10 Å². The summed E-state index contributed by atoms with van der Waals surface area (Å²) in [6.07, 6.45) is 2.82. The molecule has 5 N–H and O–H groups in total. The fourth-order valence-corrected chi connectivity index (χ4v) is 2.69. The molecule has 3 rings (SSSR count). The zero-order valence-corrected chi connectivity index (χ0v) is 17.3. The van der Waals surface area contributed by atoms with Crippen LogP contribution in [0, 0.1) is 0 Å². The average molecular weight is 397 g/mol. The number of nitrogens with one attached hydrogen (secondary N) is 2. The Balaban J connectivity index is 2.11. The second kappa shape index (κ2) is 8.04. The number of methoxy groups -OCH3 is 1. The highest BCUT2D eigenvalue weighted by Crippen LogP contribution is 2.34. The number of hydrogen-bond donors (Lipinski definition) is 4. The van der Waals surface area contributed by atoms with Gasteiger partial charge in [0.1, 0.15) is 5.82 Å². The second-order valence-electron chi connectivity index (χ2n) is 7.87. The Hall–Kier alpha value is -3.20. The third-order valence-corrected chi connectivity index (χ3v) is 4.26. The van der Waals surface area contributed by atoms with Gasteiger partial charge in [0, 0.05) is 29.9 Å². The van der Waals surface area contributed by atoms with E-state index in [2.05, 4.69) is 46.0 Å². The van der Waals surface area contributed by atoms with Crippen LogP contribution in [0.25, 0.3) is 22.6 Å². The molecule has 0 unspecified atom stereocenters. The molecule has 0 saturated carbocycles. The fraction of sp³-hybridized carbons (Fsp3) is 0.400. The van der Waals surface area contributed by atoms with Gasteiger partial charge >= 0.3 is 0 Å². The van der Waals surface area contributed by atoms with Gasteiger partial charge < -0.3 is 25.9 Å². The summed E-state index contributed by atoms with van der Waals surface area (Å²) in [5, 5.41) is 12.5. The molecule has 0 radical (unpaired) electrons. The predicted octanol–water partition coefficient (Wildman–Crippen LogP) is 2.61. The van der Waals surface area contributed by atoms with Crippen molar-refractivity contribution in [3.8, 4) is 28.4 Å². The van der Waals surface area contributed by atoms with Crippen molar-refractivity contribution in [2.75, 3.05) is 24.7 Å². The number of nitrogens with two attached hydrogens (primary N) is 1. The molecule has 3 aromatic rings. The van der Waals surface area contributed by atoms with E-state index in [9.17, 15) is 5.11 Å². The van der Waals surface area contributed by atoms with Crippen molar-refractivity contribution >= 4 is 11.8 Å². The van der Waals surface area contributed by atoms with E-state index in [1.807, 2.05) is 6.07 Å². The molecule has 3 heterocycles. The van der Waals surface area contributed by atoms with Gasteiger partial charge in [0.05, 0.1) is 30.3 Å². The van der Waals surface area contributed by atoms with E-state index >= 15 is 0 Å². The molecule has 29 heavy (non-hydrogen) atoms. The first-order valence-electron chi connectivity index (χ1n) is 9.34. The first-order chi connectivity index (χ1) is 13.7. The number of aromatic amines is 1. The molecule has 0 aliphatic carbocycles. The Morgan fingerprint density at radius 1 is 1.28 bits per heavy atom. The molecule has 0 bridgehead atoms. The Bertz CT molecular complexity index is 993. The van der Waals surface area contributed by atoms with Gasteiger partial charge in [-0.25, -0.2) is 19.9 Å². The molecule has 9 heteroatoms. The van der Waals surface area contributed by atoms with Crippen LogP contribution in [-0.2, 0) is 5.41 Å². The van der Waals surface area contributed by atoms with Crippen LogP contribution in [0.3, 0.4) is 0 Å². The van der Waals surface area contributed by atoms with E-state index in [0.717, 1.165) is 17.1 Å². The molecule has 9 nitrogen and oxygen atoms in total. The standard InChI is InChI=1S/C20H27N7O2/c1-11(28)9-24-19-22-7-6-13(25-19)16-15(26-18(27-16)20(2,3)4)12-8-14(29-5)17(21)23-10-12/h6-8,10-11,28H,9H2,1-5H3,(H2,21,23)(H,26,27)(H,22,24,25)/t11-/m0/s1. The highest BCUT2D eigenvalue weighted by atomic mass is 16.5. The number of aliphatic hydroxyl groups excluding tert-OH is 1. The van der Waals surface area contributed by atoms with Crippen molar-refractivity contribution < 1.29 is 9.84 Å². The molecule has 0 saturated heterocycles. The van der Waals surface area contributed by atoms with Gasteiger partial charge in [-0.05, 0) is 19.1 Å². The van der Waals surface area contributed by atoms with Crippen molar-refractivity contribution in [3.63, 3.8) is 0 Å². The summed E-state index contributed by atoms with van der Waals surface area (Å²) in [5.41, 5.74) is 8.53. The SMILES string of the molecule is COc1cc(-c2nc(C(C)(C)C)[nH]c2-c2ccnc(NC[C@H](C)O)n2)cnc1N. The number of aromatic nitrogens is 5. The number of rotatable bonds is 6. The number of nitrogen functional groups attached to an aromatic ring is 1. The normalized spacial score (nSPS) is 12.6. The Morgan fingerprint density at radius 3 is 2.69 bits per heavy atom. The van der Waals surface area contributed by atoms with Gasteiger partial charge in [0.25, 0.3) is 0 Å². The lowest BCUT2D eigenvalue weighted by molar-refractivity contribution is 0.208. The highest BCUT2D eigenvalue weighted by molar-refractivity contribution is 5.78. The molecule has 0 aromatic carbocycles. The summed E-state index contributed by atoms with van der Waals surface area (Å²) in [7, 11) is 1.55. The lowest BCUT2D eigenvalue weighted by Gasteiger charge is -2.14. The number of imidazole rings is 1. The zero-order chi connectivity index (χ0) is 21.2. The van der Waals surface area contributed by atoms with Crippen LogP contribution in [0.5, 0.6) is 5.75 Å². The zero-order valence-electron chi connectivity index (χ0n) is 17.3. The van der Waals surface area contributed by atoms with Gasteiger partial charge in [-0.3, -0.25) is 0 Å². The molecule has 0 aliphatic rings. The molecular formula is C20H27N7O2. The third kappa shape index (κ3) is 4.62. The smallest absolute Gasteiger partial charge is 0.223 e. The largest absolute Gasteiger partial charge is 0.493 e. The van der Waals surface area contributed by atoms with E-state index in [1.165, 1.54) is 0 Å². The quantitative estimate of drug-likeness (QED) is 0.498. The monoisotopic (exact) mass is 397 g/mol. The molecule has 0 spiro atoms. The lowest BCUT2D eigenvalue weighted by atomic mass is 9.96. The van der Waals surface area contributed by atoms with Crippen LogP contribution < -0.4 is 15.8 Å². The van der Waals surface area contributed by atoms with Gasteiger partial charge in [0.2, 0.25) is 5.95 Å². The number of hydrogen-bond acceptors (Lipinski definition) is 8. The maximum atomic E-state index is 9.49. The van der Waals surface area contributed by atoms with Crippen molar-refractivity contribution in [2.24, 2.45) is 0 Å². The van der Waals surface area contributed by atoms with Crippen molar-refractivity contribution in [2.45, 2.75) is 39.2 Å². The Labute approximate surface area is 169 Å². The summed E-state index contributed by atoms with van der Waals surface area (Å²) in [5.74, 6) is 2.04. The summed E-state index contributed by atoms with van der Waals surface area (Å²) in [6.45, 7) is 8.29. The van der Waals surface area contributed by atoms with Crippen molar-refractivity contribution in [1.82, 2.24) is 24.9 Å². The highest BCUT2D eigenvalue weighted by Gasteiger charge is 2.24. The topological polar surface area (TPSA) is 135 Å². The molecule has 154 valence electrons. The third-order valence-electron chi connectivity index (χ3n) is 4.26. The van der Waals surface area contributed by atoms with Crippen LogP contribution >= 0.6 is 0 Å². The van der Waals surface area contributed by atoms with E-state index in [-0.39, 0.29) is 5.41 Å². The van der Waals surface area contributed by atoms with E-state index in [4.69, 9.17) is 15.5 Å². The van der Waals surface area contributed by atoms with Crippen LogP contribution in [0.2, 0.25) is 0 Å². The molecule has 0 aliphatic heterocycles. The maximum absolute atomic E-state index is 9.49. The van der Waals surface area contributed by atoms with Gasteiger partial charge in [-0.2, -0.15) is 0 Å². The van der Waals surface area contributed by atoms with Crippen LogP contribution in [0.15, 0.2) is 24.5 Å². The van der Waals surface area contributed by atoms with Crippen LogP contribution in [-0.4, -0.2) is 49.8 Å². The first-order valence-corrected chi connectivity index (χ1v) is 9.34. The van der Waals surface area contributed by atoms with Crippen LogP contribution in [0.1, 0.15) is 33.5 Å². The molecule has 3 aromatic heterocycles. The van der Waals surface area contributed by atoms with Gasteiger partial charge in [-0.1, -0.05) is 20.8 Å². The number of ether oxygens (including phenoxy) is 1. The van der Waals surface area contributed by atoms with Crippen molar-refractivity contribution in [3.05, 3.63) is 30.4 Å². The molecule has 0 fully saturated rings. The number of anilines is 2. The van der Waals surface area contributed by atoms with E-state index in [0.29, 0.717) is 35.4 Å². The Kier molecular flexibility index (Phi) is 5.69. The fourth-order valence-electron chi connectivity index (χ4n) is 2.69. The van der Waals surface area contributed by atoms with E-state index in [1.54, 1.807) is 32.5 Å². The average Bonchev–Trinajstić information content (AvgIpc) is 3.13. The minimum atomic E-state index is -0.509. The van der Waals surface area contributed by atoms with Crippen LogP contribution in [0.4, 0.5) is 11.8 Å². The molecule has 0 amide bonds. The maximum Gasteiger partial charge on any atom is 0.223 e. The minimum Gasteiger partial charge on any atom is -0.493 e. The first kappa shape index (κ1) is 20.5. The Morgan fingerprint density at radius 2 is 2.03 bits per heavy atom.